The van der Waals surface area contributed by atoms with Crippen molar-refractivity contribution in [3.63, 3.8) is 0 Å². The Morgan fingerprint density at radius 3 is 3.05 bits per heavy atom. The molecule has 0 amide bonds. The molecule has 0 unspecified atom stereocenters. The minimum absolute atomic E-state index is 0.739. The first kappa shape index (κ1) is 13.8. The van der Waals surface area contributed by atoms with Crippen LogP contribution in [0.2, 0.25) is 0 Å². The molecular weight excluding hydrogens is 268 g/mol. The van der Waals surface area contributed by atoms with Crippen molar-refractivity contribution in [3.05, 3.63) is 33.5 Å². The minimum atomic E-state index is 0.739. The molecule has 20 heavy (non-hydrogen) atoms. The fraction of sp³-hybridized carbons (Fsp3) is 0.600. The lowest BCUT2D eigenvalue weighted by molar-refractivity contribution is 0.165. The first-order chi connectivity index (χ1) is 9.70. The van der Waals surface area contributed by atoms with E-state index in [9.17, 15) is 0 Å². The summed E-state index contributed by atoms with van der Waals surface area (Å²) < 4.78 is 0. The number of hydrogen-bond acceptors (Lipinski definition) is 4. The molecule has 1 fully saturated rings. The monoisotopic (exact) mass is 290 g/mol. The Balaban J connectivity index is 1.57. The molecule has 1 N–H and O–H groups in total. The Morgan fingerprint density at radius 2 is 2.35 bits per heavy atom. The number of thiazole rings is 1. The molecular formula is C15H22N4S. The number of hydrogen-bond donors (Lipinski definition) is 1. The fourth-order valence-electron chi connectivity index (χ4n) is 3.04. The lowest BCUT2D eigenvalue weighted by Crippen LogP contribution is -2.35. The molecule has 0 aromatic carbocycles. The van der Waals surface area contributed by atoms with Crippen LogP contribution in [0.25, 0.3) is 0 Å². The lowest BCUT2D eigenvalue weighted by atomic mass is 9.92. The second-order valence-electron chi connectivity index (χ2n) is 5.84. The van der Waals surface area contributed by atoms with E-state index in [1.807, 2.05) is 6.20 Å². The number of likely N-dealkylation sites (tertiary alicyclic amines) is 1. The molecule has 1 aliphatic rings. The summed E-state index contributed by atoms with van der Waals surface area (Å²) >= 11 is 1.75. The number of nitrogens with zero attached hydrogens (tertiary/aromatic N) is 3. The lowest BCUT2D eigenvalue weighted by Gasteiger charge is -2.32. The molecule has 0 aliphatic carbocycles. The minimum Gasteiger partial charge on any atom is -0.297 e. The molecule has 1 saturated heterocycles. The number of nitrogens with one attached hydrogen (secondary N) is 1. The number of aryl methyl sites for hydroxylation is 2. The van der Waals surface area contributed by atoms with Gasteiger partial charge in [-0.2, -0.15) is 5.10 Å². The van der Waals surface area contributed by atoms with Crippen molar-refractivity contribution in [2.45, 2.75) is 39.7 Å². The molecule has 2 aromatic heterocycles. The van der Waals surface area contributed by atoms with Gasteiger partial charge >= 0.3 is 0 Å². The largest absolute Gasteiger partial charge is 0.297 e. The zero-order chi connectivity index (χ0) is 13.9. The summed E-state index contributed by atoms with van der Waals surface area (Å²) in [5, 5.41) is 10.6. The first-order valence-corrected chi connectivity index (χ1v) is 8.21. The van der Waals surface area contributed by atoms with Crippen LogP contribution in [0.4, 0.5) is 0 Å². The molecule has 2 aromatic rings. The van der Waals surface area contributed by atoms with E-state index in [-0.39, 0.29) is 0 Å². The van der Waals surface area contributed by atoms with Crippen LogP contribution < -0.4 is 0 Å². The number of aromatic nitrogens is 3. The molecule has 108 valence electrons. The normalized spacial score (nSPS) is 20.4. The third-order valence-electron chi connectivity index (χ3n) is 4.08. The summed E-state index contributed by atoms with van der Waals surface area (Å²) in [5.74, 6) is 0.739. The summed E-state index contributed by atoms with van der Waals surface area (Å²) in [4.78, 5) is 7.13. The Morgan fingerprint density at radius 1 is 1.45 bits per heavy atom. The smallest absolute Gasteiger partial charge is 0.0897 e. The van der Waals surface area contributed by atoms with Gasteiger partial charge in [0.25, 0.3) is 0 Å². The topological polar surface area (TPSA) is 44.8 Å². The second-order valence-corrected chi connectivity index (χ2v) is 6.90. The summed E-state index contributed by atoms with van der Waals surface area (Å²) in [5.41, 5.74) is 3.82. The third-order valence-corrected chi connectivity index (χ3v) is 4.90. The van der Waals surface area contributed by atoms with Crippen molar-refractivity contribution in [2.75, 3.05) is 13.1 Å². The SMILES string of the molecule is Cc1nc(CN2CCC[C@@H](Cc3[nH]ncc3C)C2)cs1. The summed E-state index contributed by atoms with van der Waals surface area (Å²) in [6.45, 7) is 7.60. The van der Waals surface area contributed by atoms with Crippen LogP contribution in [-0.2, 0) is 13.0 Å². The van der Waals surface area contributed by atoms with Gasteiger partial charge in [0.15, 0.2) is 0 Å². The Labute approximate surface area is 124 Å². The maximum atomic E-state index is 4.58. The van der Waals surface area contributed by atoms with Crippen molar-refractivity contribution in [1.82, 2.24) is 20.1 Å². The van der Waals surface area contributed by atoms with Gasteiger partial charge in [0.2, 0.25) is 0 Å². The van der Waals surface area contributed by atoms with E-state index in [1.165, 1.54) is 47.9 Å². The maximum absolute atomic E-state index is 4.58. The van der Waals surface area contributed by atoms with Gasteiger partial charge in [0.1, 0.15) is 0 Å². The van der Waals surface area contributed by atoms with Crippen LogP contribution in [0.1, 0.15) is 34.8 Å². The molecule has 0 radical (unpaired) electrons. The van der Waals surface area contributed by atoms with Gasteiger partial charge in [-0.05, 0) is 51.1 Å². The highest BCUT2D eigenvalue weighted by Gasteiger charge is 2.21. The maximum Gasteiger partial charge on any atom is 0.0897 e. The van der Waals surface area contributed by atoms with Crippen molar-refractivity contribution >= 4 is 11.3 Å². The standard InChI is InChI=1S/C15H22N4S/c1-11-7-16-18-15(11)6-13-4-3-5-19(8-13)9-14-10-20-12(2)17-14/h7,10,13H,3-6,8-9H2,1-2H3,(H,16,18)/t13-/m0/s1. The summed E-state index contributed by atoms with van der Waals surface area (Å²) in [6.07, 6.45) is 5.67. The van der Waals surface area contributed by atoms with E-state index >= 15 is 0 Å². The second kappa shape index (κ2) is 6.06. The van der Waals surface area contributed by atoms with Crippen LogP contribution >= 0.6 is 11.3 Å². The predicted molar refractivity (Wildman–Crippen MR) is 81.9 cm³/mol. The van der Waals surface area contributed by atoms with Crippen LogP contribution in [0.3, 0.4) is 0 Å². The highest BCUT2D eigenvalue weighted by Crippen LogP contribution is 2.23. The molecule has 0 spiro atoms. The van der Waals surface area contributed by atoms with Gasteiger partial charge in [-0.3, -0.25) is 10.00 Å². The van der Waals surface area contributed by atoms with Crippen molar-refractivity contribution < 1.29 is 0 Å². The van der Waals surface area contributed by atoms with Crippen molar-refractivity contribution in [2.24, 2.45) is 5.92 Å². The summed E-state index contributed by atoms with van der Waals surface area (Å²) in [7, 11) is 0. The zero-order valence-corrected chi connectivity index (χ0v) is 13.0. The van der Waals surface area contributed by atoms with Crippen LogP contribution in [0.15, 0.2) is 11.6 Å². The highest BCUT2D eigenvalue weighted by atomic mass is 32.1. The molecule has 4 nitrogen and oxygen atoms in total. The van der Waals surface area contributed by atoms with E-state index < -0.39 is 0 Å². The first-order valence-electron chi connectivity index (χ1n) is 7.33. The van der Waals surface area contributed by atoms with Gasteiger partial charge in [-0.1, -0.05) is 0 Å². The van der Waals surface area contributed by atoms with Crippen molar-refractivity contribution in [3.8, 4) is 0 Å². The van der Waals surface area contributed by atoms with Gasteiger partial charge in [0, 0.05) is 24.2 Å². The molecule has 3 heterocycles. The molecule has 1 atom stereocenters. The predicted octanol–water partition coefficient (Wildman–Crippen LogP) is 2.94. The van der Waals surface area contributed by atoms with E-state index in [4.69, 9.17) is 0 Å². The van der Waals surface area contributed by atoms with Crippen LogP contribution in [0, 0.1) is 19.8 Å². The number of aromatic amines is 1. The Hall–Kier alpha value is -1.20. The number of H-pyrrole nitrogens is 1. The summed E-state index contributed by atoms with van der Waals surface area (Å²) in [6, 6.07) is 0. The molecule has 5 heteroatoms. The van der Waals surface area contributed by atoms with Crippen LogP contribution in [-0.4, -0.2) is 33.2 Å². The third kappa shape index (κ3) is 3.27. The molecule has 0 saturated carbocycles. The zero-order valence-electron chi connectivity index (χ0n) is 12.2. The van der Waals surface area contributed by atoms with Crippen molar-refractivity contribution in [1.29, 1.82) is 0 Å². The van der Waals surface area contributed by atoms with E-state index in [1.54, 1.807) is 11.3 Å². The Kier molecular flexibility index (Phi) is 4.17. The molecule has 3 rings (SSSR count). The quantitative estimate of drug-likeness (QED) is 0.941. The highest BCUT2D eigenvalue weighted by molar-refractivity contribution is 7.09. The van der Waals surface area contributed by atoms with Gasteiger partial charge in [-0.25, -0.2) is 4.98 Å². The van der Waals surface area contributed by atoms with E-state index in [2.05, 4.69) is 39.3 Å². The molecule has 0 bridgehead atoms. The van der Waals surface area contributed by atoms with Crippen LogP contribution in [0.5, 0.6) is 0 Å². The van der Waals surface area contributed by atoms with Gasteiger partial charge in [-0.15, -0.1) is 11.3 Å². The van der Waals surface area contributed by atoms with Gasteiger partial charge < -0.3 is 0 Å². The Bertz CT molecular complexity index is 560. The molecule has 1 aliphatic heterocycles. The average molecular weight is 290 g/mol. The average Bonchev–Trinajstić information content (AvgIpc) is 3.00. The van der Waals surface area contributed by atoms with E-state index in [0.29, 0.717) is 0 Å². The van der Waals surface area contributed by atoms with E-state index in [0.717, 1.165) is 18.9 Å². The fourth-order valence-corrected chi connectivity index (χ4v) is 3.64. The number of piperidine rings is 1. The van der Waals surface area contributed by atoms with Gasteiger partial charge in [0.05, 0.1) is 16.9 Å². The number of rotatable bonds is 4.